The van der Waals surface area contributed by atoms with Crippen LogP contribution < -0.4 is 0 Å². The minimum atomic E-state index is -1.35. The third kappa shape index (κ3) is 9.49. The Morgan fingerprint density at radius 3 is 2.07 bits per heavy atom. The van der Waals surface area contributed by atoms with Gasteiger partial charge in [-0.25, -0.2) is 0 Å². The first kappa shape index (κ1) is 24.5. The molecule has 1 aliphatic carbocycles. The quantitative estimate of drug-likeness (QED) is 0.311. The van der Waals surface area contributed by atoms with Gasteiger partial charge in [-0.1, -0.05) is 19.3 Å². The van der Waals surface area contributed by atoms with Gasteiger partial charge in [0.25, 0.3) is 0 Å². The number of carbonyl (C=O) groups excluding carboxylic acids is 1. The first-order chi connectivity index (χ1) is 13.6. The number of azo groups is 1. The molecule has 0 bridgehead atoms. The van der Waals surface area contributed by atoms with Crippen LogP contribution in [-0.4, -0.2) is 40.5 Å². The van der Waals surface area contributed by atoms with Gasteiger partial charge >= 0.3 is 11.9 Å². The number of ether oxygens (including phenoxy) is 2. The predicted octanol–water partition coefficient (Wildman–Crippen LogP) is 3.89. The van der Waals surface area contributed by atoms with E-state index in [0.29, 0.717) is 0 Å². The fraction of sp³-hybridized carbons (Fsp3) is 0.800. The van der Waals surface area contributed by atoms with E-state index in [4.69, 9.17) is 14.6 Å². The van der Waals surface area contributed by atoms with Crippen LogP contribution in [0.2, 0.25) is 0 Å². The maximum atomic E-state index is 12.1. The number of nitrogens with zero attached hydrogens (tertiary/aromatic N) is 4. The molecular formula is C20H30N4O5. The van der Waals surface area contributed by atoms with E-state index < -0.39 is 29.3 Å². The fourth-order valence-corrected chi connectivity index (χ4v) is 2.92. The number of aliphatic carboxylic acids is 1. The van der Waals surface area contributed by atoms with Crippen molar-refractivity contribution in [2.75, 3.05) is 0 Å². The molecule has 9 nitrogen and oxygen atoms in total. The lowest BCUT2D eigenvalue weighted by Gasteiger charge is -2.25. The highest BCUT2D eigenvalue weighted by atomic mass is 16.7. The van der Waals surface area contributed by atoms with Crippen LogP contribution in [0.15, 0.2) is 10.2 Å². The summed E-state index contributed by atoms with van der Waals surface area (Å²) in [5.41, 5.74) is -2.67. The van der Waals surface area contributed by atoms with E-state index in [-0.39, 0.29) is 31.8 Å². The fourth-order valence-electron chi connectivity index (χ4n) is 2.92. The van der Waals surface area contributed by atoms with E-state index >= 15 is 0 Å². The SMILES string of the molecule is CC(OC(=O)CCC(C)(C#N)N=NC(C)(C#N)CCC(=O)O)OC1CCCCC1. The molecule has 3 atom stereocenters. The number of esters is 1. The molecule has 1 aliphatic rings. The van der Waals surface area contributed by atoms with Crippen LogP contribution in [0.1, 0.15) is 78.6 Å². The highest BCUT2D eigenvalue weighted by molar-refractivity contribution is 5.69. The summed E-state index contributed by atoms with van der Waals surface area (Å²) in [6.45, 7) is 4.63. The number of hydrogen-bond donors (Lipinski definition) is 1. The van der Waals surface area contributed by atoms with Crippen LogP contribution in [0.5, 0.6) is 0 Å². The zero-order chi connectivity index (χ0) is 21.9. The summed E-state index contributed by atoms with van der Waals surface area (Å²) < 4.78 is 11.0. The average Bonchev–Trinajstić information content (AvgIpc) is 2.70. The first-order valence-electron chi connectivity index (χ1n) is 9.95. The van der Waals surface area contributed by atoms with Gasteiger partial charge in [-0.3, -0.25) is 9.59 Å². The Morgan fingerprint density at radius 1 is 1.07 bits per heavy atom. The van der Waals surface area contributed by atoms with E-state index in [9.17, 15) is 20.1 Å². The van der Waals surface area contributed by atoms with Gasteiger partial charge in [-0.15, -0.1) is 0 Å². The van der Waals surface area contributed by atoms with Crippen LogP contribution in [0.3, 0.4) is 0 Å². The van der Waals surface area contributed by atoms with Gasteiger partial charge in [-0.05, 0) is 46.5 Å². The zero-order valence-electron chi connectivity index (χ0n) is 17.4. The van der Waals surface area contributed by atoms with Gasteiger partial charge in [-0.2, -0.15) is 20.8 Å². The molecule has 0 radical (unpaired) electrons. The highest BCUT2D eigenvalue weighted by Gasteiger charge is 2.30. The molecule has 0 aromatic rings. The van der Waals surface area contributed by atoms with Crippen molar-refractivity contribution >= 4 is 11.9 Å². The minimum absolute atomic E-state index is 0.0259. The second-order valence-electron chi connectivity index (χ2n) is 7.82. The van der Waals surface area contributed by atoms with Gasteiger partial charge in [0.15, 0.2) is 17.4 Å². The molecule has 0 heterocycles. The van der Waals surface area contributed by atoms with E-state index in [2.05, 4.69) is 10.2 Å². The summed E-state index contributed by atoms with van der Waals surface area (Å²) >= 11 is 0. The lowest BCUT2D eigenvalue weighted by Crippen LogP contribution is -2.28. The second kappa shape index (κ2) is 11.5. The molecule has 0 aliphatic heterocycles. The molecule has 1 N–H and O–H groups in total. The maximum absolute atomic E-state index is 12.1. The summed E-state index contributed by atoms with van der Waals surface area (Å²) in [4.78, 5) is 22.8. The third-order valence-electron chi connectivity index (χ3n) is 4.85. The van der Waals surface area contributed by atoms with Gasteiger partial charge in [0.05, 0.1) is 18.2 Å². The van der Waals surface area contributed by atoms with Crippen molar-refractivity contribution in [3.63, 3.8) is 0 Å². The van der Waals surface area contributed by atoms with Crippen molar-refractivity contribution in [3.05, 3.63) is 0 Å². The average molecular weight is 406 g/mol. The van der Waals surface area contributed by atoms with Gasteiger partial charge in [0.1, 0.15) is 0 Å². The van der Waals surface area contributed by atoms with E-state index in [1.165, 1.54) is 20.3 Å². The topological polar surface area (TPSA) is 145 Å². The number of rotatable bonds is 11. The van der Waals surface area contributed by atoms with Crippen molar-refractivity contribution in [1.82, 2.24) is 0 Å². The number of carbonyl (C=O) groups is 2. The van der Waals surface area contributed by atoms with Gasteiger partial charge < -0.3 is 14.6 Å². The molecule has 1 saturated carbocycles. The van der Waals surface area contributed by atoms with Crippen LogP contribution in [0, 0.1) is 22.7 Å². The maximum Gasteiger partial charge on any atom is 0.308 e. The van der Waals surface area contributed by atoms with Crippen molar-refractivity contribution in [1.29, 1.82) is 10.5 Å². The lowest BCUT2D eigenvalue weighted by atomic mass is 9.97. The highest BCUT2D eigenvalue weighted by Crippen LogP contribution is 2.24. The second-order valence-corrected chi connectivity index (χ2v) is 7.82. The Balaban J connectivity index is 2.55. The Labute approximate surface area is 171 Å². The summed E-state index contributed by atoms with van der Waals surface area (Å²) in [6.07, 6.45) is 4.56. The molecular weight excluding hydrogens is 376 g/mol. The van der Waals surface area contributed by atoms with E-state index in [0.717, 1.165) is 25.7 Å². The summed E-state index contributed by atoms with van der Waals surface area (Å²) in [5, 5.41) is 35.3. The number of carboxylic acids is 1. The Bertz CT molecular complexity index is 677. The largest absolute Gasteiger partial charge is 0.481 e. The van der Waals surface area contributed by atoms with Crippen LogP contribution >= 0.6 is 0 Å². The molecule has 0 saturated heterocycles. The van der Waals surface area contributed by atoms with Crippen LogP contribution in [0.4, 0.5) is 0 Å². The molecule has 9 heteroatoms. The predicted molar refractivity (Wildman–Crippen MR) is 103 cm³/mol. The van der Waals surface area contributed by atoms with Crippen LogP contribution in [-0.2, 0) is 19.1 Å². The molecule has 1 fully saturated rings. The first-order valence-corrected chi connectivity index (χ1v) is 9.95. The van der Waals surface area contributed by atoms with E-state index in [1.54, 1.807) is 6.92 Å². The van der Waals surface area contributed by atoms with Gasteiger partial charge in [0.2, 0.25) is 0 Å². The van der Waals surface area contributed by atoms with Crippen molar-refractivity contribution < 1.29 is 24.2 Å². The number of nitriles is 2. The minimum Gasteiger partial charge on any atom is -0.481 e. The number of hydrogen-bond acceptors (Lipinski definition) is 8. The van der Waals surface area contributed by atoms with E-state index in [1.807, 2.05) is 12.1 Å². The Kier molecular flexibility index (Phi) is 9.70. The molecule has 1 rings (SSSR count). The summed E-state index contributed by atoms with van der Waals surface area (Å²) in [5.74, 6) is -1.55. The normalized spacial score (nSPS) is 20.0. The van der Waals surface area contributed by atoms with Crippen LogP contribution in [0.25, 0.3) is 0 Å². The third-order valence-corrected chi connectivity index (χ3v) is 4.85. The smallest absolute Gasteiger partial charge is 0.308 e. The molecule has 0 amide bonds. The van der Waals surface area contributed by atoms with Crippen molar-refractivity contribution in [2.45, 2.75) is 102 Å². The standard InChI is InChI=1S/C20H30N4O5/c1-15(28-16-7-5-4-6-8-16)29-18(27)10-12-20(3,14-22)24-23-19(2,13-21)11-9-17(25)26/h15-16H,4-12H2,1-3H3,(H,25,26). The molecule has 0 aromatic carbocycles. The summed E-state index contributed by atoms with van der Waals surface area (Å²) in [7, 11) is 0. The lowest BCUT2D eigenvalue weighted by molar-refractivity contribution is -0.187. The number of carboxylic acid groups (broad SMARTS) is 1. The van der Waals surface area contributed by atoms with Gasteiger partial charge in [0, 0.05) is 12.8 Å². The zero-order valence-corrected chi connectivity index (χ0v) is 17.4. The molecule has 29 heavy (non-hydrogen) atoms. The molecule has 3 unspecified atom stereocenters. The summed E-state index contributed by atoms with van der Waals surface area (Å²) in [6, 6.07) is 3.91. The monoisotopic (exact) mass is 406 g/mol. The van der Waals surface area contributed by atoms with Crippen molar-refractivity contribution in [2.24, 2.45) is 10.2 Å². The Morgan fingerprint density at radius 2 is 1.59 bits per heavy atom. The molecule has 0 spiro atoms. The van der Waals surface area contributed by atoms with Crippen molar-refractivity contribution in [3.8, 4) is 12.1 Å². The Hall–Kier alpha value is -2.52. The molecule has 160 valence electrons. The molecule has 0 aromatic heterocycles.